The number of hydrogen-bond donors (Lipinski definition) is 1. The Morgan fingerprint density at radius 2 is 1.88 bits per heavy atom. The molecule has 0 aliphatic rings. The maximum Gasteiger partial charge on any atom is 0.457 e. The summed E-state index contributed by atoms with van der Waals surface area (Å²) in [4.78, 5) is 0. The summed E-state index contributed by atoms with van der Waals surface area (Å²) >= 11 is 0. The van der Waals surface area contributed by atoms with Gasteiger partial charge in [-0.2, -0.15) is 0 Å². The van der Waals surface area contributed by atoms with Crippen molar-refractivity contribution in [2.75, 3.05) is 20.8 Å². The van der Waals surface area contributed by atoms with Gasteiger partial charge in [0.05, 0.1) is 0 Å². The zero-order valence-corrected chi connectivity index (χ0v) is 5.39. The van der Waals surface area contributed by atoms with Gasteiger partial charge >= 0.3 is 7.12 Å². The Bertz CT molecular complexity index is 49.3. The molecule has 0 aromatic carbocycles. The third-order valence-electron chi connectivity index (χ3n) is 0.928. The van der Waals surface area contributed by atoms with E-state index < -0.39 is 0 Å². The molecule has 0 aliphatic carbocycles. The summed E-state index contributed by atoms with van der Waals surface area (Å²) < 4.78 is 9.68. The molecule has 0 aromatic heterocycles. The van der Waals surface area contributed by atoms with Gasteiger partial charge in [0.2, 0.25) is 0 Å². The second-order valence-electron chi connectivity index (χ2n) is 1.48. The first-order chi connectivity index (χ1) is 3.85. The van der Waals surface area contributed by atoms with Gasteiger partial charge in [-0.3, -0.25) is 0 Å². The van der Waals surface area contributed by atoms with Crippen molar-refractivity contribution in [2.45, 2.75) is 6.32 Å². The monoisotopic (exact) mass is 117 g/mol. The molecule has 0 saturated carbocycles. The molecule has 0 fully saturated rings. The first kappa shape index (κ1) is 7.94. The van der Waals surface area contributed by atoms with Gasteiger partial charge in [-0.15, -0.1) is 0 Å². The molecule has 4 heteroatoms. The highest BCUT2D eigenvalue weighted by Crippen LogP contribution is 1.89. The lowest BCUT2D eigenvalue weighted by atomic mass is 9.85. The third-order valence-corrected chi connectivity index (χ3v) is 0.928. The van der Waals surface area contributed by atoms with Gasteiger partial charge in [0.1, 0.15) is 0 Å². The highest BCUT2D eigenvalue weighted by Gasteiger charge is 2.10. The first-order valence-corrected chi connectivity index (χ1v) is 2.60. The van der Waals surface area contributed by atoms with Gasteiger partial charge in [-0.05, 0) is 12.9 Å². The normalized spacial score (nSPS) is 9.38. The Balaban J connectivity index is 3.07. The SMILES string of the molecule is COB(CCN)OC. The van der Waals surface area contributed by atoms with Crippen molar-refractivity contribution in [1.82, 2.24) is 0 Å². The number of rotatable bonds is 4. The van der Waals surface area contributed by atoms with Crippen molar-refractivity contribution in [1.29, 1.82) is 0 Å². The fourth-order valence-electron chi connectivity index (χ4n) is 0.468. The van der Waals surface area contributed by atoms with Crippen LogP contribution in [0.15, 0.2) is 0 Å². The summed E-state index contributed by atoms with van der Waals surface area (Å²) in [5.41, 5.74) is 5.22. The van der Waals surface area contributed by atoms with Gasteiger partial charge in [-0.25, -0.2) is 0 Å². The lowest BCUT2D eigenvalue weighted by Crippen LogP contribution is -2.22. The van der Waals surface area contributed by atoms with Gasteiger partial charge in [0.15, 0.2) is 0 Å². The van der Waals surface area contributed by atoms with Crippen LogP contribution in [0.2, 0.25) is 6.32 Å². The summed E-state index contributed by atoms with van der Waals surface area (Å²) in [6, 6.07) is 0. The quantitative estimate of drug-likeness (QED) is 0.515. The summed E-state index contributed by atoms with van der Waals surface area (Å²) in [6.45, 7) is 0.604. The van der Waals surface area contributed by atoms with Gasteiger partial charge < -0.3 is 15.0 Å². The van der Waals surface area contributed by atoms with E-state index in [-0.39, 0.29) is 7.12 Å². The van der Waals surface area contributed by atoms with E-state index in [9.17, 15) is 0 Å². The van der Waals surface area contributed by atoms with E-state index in [0.29, 0.717) is 6.54 Å². The van der Waals surface area contributed by atoms with Gasteiger partial charge in [0, 0.05) is 14.2 Å². The zero-order chi connectivity index (χ0) is 6.41. The molecule has 48 valence electrons. The maximum atomic E-state index is 5.22. The van der Waals surface area contributed by atoms with E-state index in [1.165, 1.54) is 0 Å². The van der Waals surface area contributed by atoms with Gasteiger partial charge in [-0.1, -0.05) is 0 Å². The molecule has 0 heterocycles. The standard InChI is InChI=1S/C4H12BNO2/c1-7-5(8-2)3-4-6/h3-4,6H2,1-2H3. The summed E-state index contributed by atoms with van der Waals surface area (Å²) in [5, 5.41) is 0. The molecule has 0 aromatic rings. The van der Waals surface area contributed by atoms with Crippen LogP contribution in [-0.4, -0.2) is 27.9 Å². The molecule has 3 nitrogen and oxygen atoms in total. The van der Waals surface area contributed by atoms with Crippen LogP contribution in [-0.2, 0) is 9.31 Å². The molecule has 0 amide bonds. The third kappa shape index (κ3) is 3.01. The molecule has 0 rings (SSSR count). The highest BCUT2D eigenvalue weighted by molar-refractivity contribution is 6.44. The molecule has 0 bridgehead atoms. The van der Waals surface area contributed by atoms with E-state index in [0.717, 1.165) is 6.32 Å². The highest BCUT2D eigenvalue weighted by atomic mass is 16.6. The van der Waals surface area contributed by atoms with Crippen molar-refractivity contribution in [3.05, 3.63) is 0 Å². The van der Waals surface area contributed by atoms with Crippen LogP contribution in [0.25, 0.3) is 0 Å². The lowest BCUT2D eigenvalue weighted by Gasteiger charge is -2.04. The fraction of sp³-hybridized carbons (Fsp3) is 1.00. The van der Waals surface area contributed by atoms with Crippen molar-refractivity contribution in [3.8, 4) is 0 Å². The van der Waals surface area contributed by atoms with E-state index in [4.69, 9.17) is 15.0 Å². The minimum atomic E-state index is -0.125. The Labute approximate surface area is 50.3 Å². The largest absolute Gasteiger partial charge is 0.457 e. The molecule has 2 N–H and O–H groups in total. The molecular formula is C4H12BNO2. The Kier molecular flexibility index (Phi) is 5.05. The van der Waals surface area contributed by atoms with E-state index in [2.05, 4.69) is 0 Å². The van der Waals surface area contributed by atoms with Crippen LogP contribution in [0.5, 0.6) is 0 Å². The predicted octanol–water partition coefficient (Wildman–Crippen LogP) is -0.274. The van der Waals surface area contributed by atoms with Crippen LogP contribution in [0.4, 0.5) is 0 Å². The molecule has 0 aliphatic heterocycles. The number of hydrogen-bond acceptors (Lipinski definition) is 3. The van der Waals surface area contributed by atoms with E-state index >= 15 is 0 Å². The van der Waals surface area contributed by atoms with Crippen molar-refractivity contribution >= 4 is 7.12 Å². The van der Waals surface area contributed by atoms with Crippen LogP contribution in [0.3, 0.4) is 0 Å². The van der Waals surface area contributed by atoms with Gasteiger partial charge in [0.25, 0.3) is 0 Å². The molecule has 0 unspecified atom stereocenters. The first-order valence-electron chi connectivity index (χ1n) is 2.60. The van der Waals surface area contributed by atoms with Crippen molar-refractivity contribution in [2.24, 2.45) is 5.73 Å². The van der Waals surface area contributed by atoms with Crippen LogP contribution >= 0.6 is 0 Å². The fourth-order valence-corrected chi connectivity index (χ4v) is 0.468. The zero-order valence-electron chi connectivity index (χ0n) is 5.39. The van der Waals surface area contributed by atoms with Crippen molar-refractivity contribution in [3.63, 3.8) is 0 Å². The molecular weight excluding hydrogens is 105 g/mol. The average Bonchev–Trinajstić information content (AvgIpc) is 1.83. The average molecular weight is 117 g/mol. The topological polar surface area (TPSA) is 44.5 Å². The predicted molar refractivity (Wildman–Crippen MR) is 33.6 cm³/mol. The molecule has 0 radical (unpaired) electrons. The Morgan fingerprint density at radius 3 is 2.00 bits per heavy atom. The summed E-state index contributed by atoms with van der Waals surface area (Å²) in [6.07, 6.45) is 0.757. The van der Waals surface area contributed by atoms with Crippen LogP contribution in [0, 0.1) is 0 Å². The van der Waals surface area contributed by atoms with Crippen LogP contribution in [0.1, 0.15) is 0 Å². The minimum absolute atomic E-state index is 0.125. The van der Waals surface area contributed by atoms with Crippen molar-refractivity contribution < 1.29 is 9.31 Å². The number of nitrogens with two attached hydrogens (primary N) is 1. The van der Waals surface area contributed by atoms with E-state index in [1.807, 2.05) is 0 Å². The Hall–Kier alpha value is -0.0551. The van der Waals surface area contributed by atoms with Crippen LogP contribution < -0.4 is 5.73 Å². The lowest BCUT2D eigenvalue weighted by molar-refractivity contribution is 0.278. The smallest absolute Gasteiger partial charge is 0.414 e. The second kappa shape index (κ2) is 5.09. The van der Waals surface area contributed by atoms with E-state index in [1.54, 1.807) is 14.2 Å². The maximum absolute atomic E-state index is 5.22. The summed E-state index contributed by atoms with van der Waals surface area (Å²) in [5.74, 6) is 0. The molecule has 0 atom stereocenters. The summed E-state index contributed by atoms with van der Waals surface area (Å²) in [7, 11) is 3.08. The molecule has 0 saturated heterocycles. The minimum Gasteiger partial charge on any atom is -0.414 e. The second-order valence-corrected chi connectivity index (χ2v) is 1.48. The molecule has 8 heavy (non-hydrogen) atoms. The molecule has 0 spiro atoms. The Morgan fingerprint density at radius 1 is 1.38 bits per heavy atom.